The number of fused-ring (bicyclic) bond motifs is 3. The number of hydrogen-bond acceptors (Lipinski definition) is 2. The Hall–Kier alpha value is -3.57. The van der Waals surface area contributed by atoms with Gasteiger partial charge < -0.3 is 15.0 Å². The molecule has 1 aliphatic rings. The molecule has 3 aromatic carbocycles. The van der Waals surface area contributed by atoms with Gasteiger partial charge in [-0.1, -0.05) is 35.9 Å². The minimum atomic E-state index is -0.967. The van der Waals surface area contributed by atoms with E-state index in [9.17, 15) is 9.59 Å². The van der Waals surface area contributed by atoms with Crippen LogP contribution in [0, 0.1) is 0 Å². The molecule has 0 spiro atoms. The van der Waals surface area contributed by atoms with E-state index in [4.69, 9.17) is 16.7 Å². The maximum atomic E-state index is 13.6. The van der Waals surface area contributed by atoms with Crippen LogP contribution in [0.2, 0.25) is 5.02 Å². The van der Waals surface area contributed by atoms with Crippen molar-refractivity contribution in [1.82, 2.24) is 9.88 Å². The smallest absolute Gasteiger partial charge is 0.335 e. The topological polar surface area (TPSA) is 71.3 Å². The summed E-state index contributed by atoms with van der Waals surface area (Å²) >= 11 is 6.22. The van der Waals surface area contributed by atoms with E-state index in [-0.39, 0.29) is 17.5 Å². The van der Waals surface area contributed by atoms with E-state index in [1.165, 1.54) is 11.1 Å². The lowest BCUT2D eigenvalue weighted by Crippen LogP contribution is -2.27. The van der Waals surface area contributed by atoms with E-state index < -0.39 is 5.97 Å². The Balaban J connectivity index is 1.51. The van der Waals surface area contributed by atoms with Crippen molar-refractivity contribution in [3.8, 4) is 0 Å². The molecule has 0 radical (unpaired) electrons. The van der Waals surface area contributed by atoms with Crippen molar-refractivity contribution in [2.75, 3.05) is 0 Å². The molecular weight excluding hydrogens is 460 g/mol. The van der Waals surface area contributed by atoms with Crippen molar-refractivity contribution in [3.63, 3.8) is 0 Å². The van der Waals surface area contributed by atoms with Gasteiger partial charge in [0, 0.05) is 23.2 Å². The average Bonchev–Trinajstić information content (AvgIpc) is 3.27. The zero-order chi connectivity index (χ0) is 24.5. The minimum absolute atomic E-state index is 0.135. The number of nitrogens with one attached hydrogen (secondary N) is 1. The van der Waals surface area contributed by atoms with Gasteiger partial charge >= 0.3 is 5.97 Å². The first-order chi connectivity index (χ1) is 16.9. The molecule has 1 amide bonds. The van der Waals surface area contributed by atoms with Gasteiger partial charge in [-0.2, -0.15) is 0 Å². The summed E-state index contributed by atoms with van der Waals surface area (Å²) in [5.41, 5.74) is 6.37. The molecule has 5 rings (SSSR count). The quantitative estimate of drug-likeness (QED) is 0.330. The van der Waals surface area contributed by atoms with E-state index in [0.717, 1.165) is 47.7 Å². The number of aromatic carboxylic acids is 1. The molecule has 6 heteroatoms. The summed E-state index contributed by atoms with van der Waals surface area (Å²) in [7, 11) is 0. The Morgan fingerprint density at radius 1 is 1.06 bits per heavy atom. The summed E-state index contributed by atoms with van der Waals surface area (Å²) < 4.78 is 2.14. The largest absolute Gasteiger partial charge is 0.478 e. The number of carbonyl (C=O) groups excluding carboxylic acids is 1. The maximum absolute atomic E-state index is 13.6. The summed E-state index contributed by atoms with van der Waals surface area (Å²) in [5.74, 6) is -1.10. The minimum Gasteiger partial charge on any atom is -0.478 e. The van der Waals surface area contributed by atoms with Gasteiger partial charge in [0.15, 0.2) is 0 Å². The third-order valence-corrected chi connectivity index (χ3v) is 7.10. The van der Waals surface area contributed by atoms with Crippen LogP contribution in [-0.4, -0.2) is 21.6 Å². The Labute approximate surface area is 209 Å². The van der Waals surface area contributed by atoms with Gasteiger partial charge in [-0.25, -0.2) is 4.79 Å². The van der Waals surface area contributed by atoms with E-state index >= 15 is 0 Å². The van der Waals surface area contributed by atoms with Crippen molar-refractivity contribution in [3.05, 3.63) is 105 Å². The number of aromatic nitrogens is 1. The molecular formula is C29H27ClN2O3. The van der Waals surface area contributed by atoms with Gasteiger partial charge in [0.1, 0.15) is 0 Å². The lowest BCUT2D eigenvalue weighted by molar-refractivity contribution is 0.0696. The fourth-order valence-corrected chi connectivity index (χ4v) is 5.28. The first kappa shape index (κ1) is 23.2. The second-order valence-electron chi connectivity index (χ2n) is 9.23. The molecule has 0 aliphatic heterocycles. The first-order valence-corrected chi connectivity index (χ1v) is 12.3. The Morgan fingerprint density at radius 2 is 1.83 bits per heavy atom. The molecule has 0 unspecified atom stereocenters. The lowest BCUT2D eigenvalue weighted by atomic mass is 9.87. The summed E-state index contributed by atoms with van der Waals surface area (Å²) in [6, 6.07) is 18.4. The fourth-order valence-electron chi connectivity index (χ4n) is 5.06. The van der Waals surface area contributed by atoms with Crippen LogP contribution in [0.15, 0.2) is 66.9 Å². The third kappa shape index (κ3) is 4.69. The summed E-state index contributed by atoms with van der Waals surface area (Å²) in [5, 5.41) is 14.1. The van der Waals surface area contributed by atoms with E-state index in [1.807, 2.05) is 31.2 Å². The lowest BCUT2D eigenvalue weighted by Gasteiger charge is -2.21. The zero-order valence-corrected chi connectivity index (χ0v) is 20.3. The van der Waals surface area contributed by atoms with Crippen molar-refractivity contribution in [2.45, 2.75) is 45.2 Å². The number of carbonyl (C=O) groups is 2. The van der Waals surface area contributed by atoms with Gasteiger partial charge in [-0.3, -0.25) is 4.79 Å². The van der Waals surface area contributed by atoms with Crippen LogP contribution in [-0.2, 0) is 19.4 Å². The highest BCUT2D eigenvalue weighted by atomic mass is 35.5. The van der Waals surface area contributed by atoms with Gasteiger partial charge in [-0.15, -0.1) is 0 Å². The van der Waals surface area contributed by atoms with Crippen LogP contribution in [0.3, 0.4) is 0 Å². The number of carboxylic acid groups (broad SMARTS) is 1. The molecule has 35 heavy (non-hydrogen) atoms. The Morgan fingerprint density at radius 3 is 2.57 bits per heavy atom. The number of rotatable bonds is 6. The maximum Gasteiger partial charge on any atom is 0.335 e. The van der Waals surface area contributed by atoms with Crippen molar-refractivity contribution in [2.24, 2.45) is 0 Å². The van der Waals surface area contributed by atoms with Gasteiger partial charge in [0.2, 0.25) is 0 Å². The highest BCUT2D eigenvalue weighted by Crippen LogP contribution is 2.33. The highest BCUT2D eigenvalue weighted by Gasteiger charge is 2.23. The predicted molar refractivity (Wildman–Crippen MR) is 138 cm³/mol. The number of hydrogen-bond donors (Lipinski definition) is 2. The number of aryl methyl sites for hydroxylation is 2. The SMILES string of the molecule is C[C@H](NC(=O)c1cc2c(c3ccn(Cc4cccc(Cl)c4)c13)CCCC2)c1ccc(C(=O)O)cc1. The molecule has 1 aliphatic carbocycles. The monoisotopic (exact) mass is 486 g/mol. The zero-order valence-electron chi connectivity index (χ0n) is 19.6. The number of halogens is 1. The Kier molecular flexibility index (Phi) is 6.35. The number of carboxylic acids is 1. The summed E-state index contributed by atoms with van der Waals surface area (Å²) in [4.78, 5) is 24.8. The van der Waals surface area contributed by atoms with Crippen molar-refractivity contribution < 1.29 is 14.7 Å². The highest BCUT2D eigenvalue weighted by molar-refractivity contribution is 6.30. The van der Waals surface area contributed by atoms with Crippen LogP contribution in [0.5, 0.6) is 0 Å². The first-order valence-electron chi connectivity index (χ1n) is 11.9. The third-order valence-electron chi connectivity index (χ3n) is 6.86. The second-order valence-corrected chi connectivity index (χ2v) is 9.66. The molecule has 5 nitrogen and oxygen atoms in total. The van der Waals surface area contributed by atoms with Crippen LogP contribution >= 0.6 is 11.6 Å². The van der Waals surface area contributed by atoms with Gasteiger partial charge in [0.05, 0.1) is 22.7 Å². The van der Waals surface area contributed by atoms with Gasteiger partial charge in [-0.05, 0) is 91.3 Å². The molecule has 178 valence electrons. The number of amides is 1. The number of nitrogens with zero attached hydrogens (tertiary/aromatic N) is 1. The molecule has 0 saturated heterocycles. The van der Waals surface area contributed by atoms with Crippen molar-refractivity contribution in [1.29, 1.82) is 0 Å². The van der Waals surface area contributed by atoms with E-state index in [0.29, 0.717) is 17.1 Å². The van der Waals surface area contributed by atoms with Crippen LogP contribution in [0.1, 0.15) is 68.8 Å². The van der Waals surface area contributed by atoms with Gasteiger partial charge in [0.25, 0.3) is 5.91 Å². The van der Waals surface area contributed by atoms with E-state index in [2.05, 4.69) is 28.2 Å². The van der Waals surface area contributed by atoms with Crippen LogP contribution < -0.4 is 5.32 Å². The van der Waals surface area contributed by atoms with E-state index in [1.54, 1.807) is 24.3 Å². The van der Waals surface area contributed by atoms with Crippen molar-refractivity contribution >= 4 is 34.4 Å². The summed E-state index contributed by atoms with van der Waals surface area (Å²) in [6.07, 6.45) is 6.37. The molecule has 2 N–H and O–H groups in total. The van der Waals surface area contributed by atoms with Crippen LogP contribution in [0.25, 0.3) is 10.9 Å². The molecule has 1 aromatic heterocycles. The molecule has 1 heterocycles. The molecule has 1 atom stereocenters. The average molecular weight is 487 g/mol. The molecule has 4 aromatic rings. The second kappa shape index (κ2) is 9.59. The normalized spacial score (nSPS) is 13.9. The standard InChI is InChI=1S/C29H27ClN2O3/c1-18(20-9-11-21(12-10-20)29(34)35)31-28(33)26-16-22-6-2-3-8-24(22)25-13-14-32(27(25)26)17-19-5-4-7-23(30)15-19/h4-5,7,9-16,18H,2-3,6,8,17H2,1H3,(H,31,33)(H,34,35)/t18-/m0/s1. The molecule has 0 saturated carbocycles. The number of benzene rings is 3. The molecule has 0 fully saturated rings. The summed E-state index contributed by atoms with van der Waals surface area (Å²) in [6.45, 7) is 2.53. The predicted octanol–water partition coefficient (Wildman–Crippen LogP) is 6.41. The Bertz CT molecular complexity index is 1420. The molecule has 0 bridgehead atoms. The van der Waals surface area contributed by atoms with Crippen LogP contribution in [0.4, 0.5) is 0 Å². The fraction of sp³-hybridized carbons (Fsp3) is 0.241.